The highest BCUT2D eigenvalue weighted by Gasteiger charge is 2.21. The fourth-order valence-corrected chi connectivity index (χ4v) is 1.47. The van der Waals surface area contributed by atoms with Crippen LogP contribution in [0, 0.1) is 0 Å². The van der Waals surface area contributed by atoms with Crippen molar-refractivity contribution in [3.8, 4) is 17.2 Å². The van der Waals surface area contributed by atoms with Crippen molar-refractivity contribution in [2.24, 2.45) is 5.73 Å². The first-order valence-electron chi connectivity index (χ1n) is 4.60. The Morgan fingerprint density at radius 1 is 1.53 bits per heavy atom. The number of aliphatic hydroxyl groups is 1. The smallest absolute Gasteiger partial charge is 0.231 e. The summed E-state index contributed by atoms with van der Waals surface area (Å²) in [6.07, 6.45) is 0. The van der Waals surface area contributed by atoms with Gasteiger partial charge in [-0.05, 0) is 17.7 Å². The molecule has 3 N–H and O–H groups in total. The van der Waals surface area contributed by atoms with E-state index in [0.717, 1.165) is 5.56 Å². The van der Waals surface area contributed by atoms with E-state index in [1.165, 1.54) is 0 Å². The second-order valence-corrected chi connectivity index (χ2v) is 3.25. The normalized spacial score (nSPS) is 15.1. The van der Waals surface area contributed by atoms with Gasteiger partial charge in [0.05, 0.1) is 19.8 Å². The SMILES string of the molecule is COc1cc([C@@H](N)CO)cc2c1OCO2. The van der Waals surface area contributed by atoms with Crippen LogP contribution in [0.25, 0.3) is 0 Å². The molecule has 1 heterocycles. The standard InChI is InChI=1S/C10H13NO4/c1-13-8-2-6(7(11)4-12)3-9-10(8)15-5-14-9/h2-3,7,12H,4-5,11H2,1H3/t7-/m0/s1. The summed E-state index contributed by atoms with van der Waals surface area (Å²) in [4.78, 5) is 0. The van der Waals surface area contributed by atoms with E-state index in [1.807, 2.05) is 0 Å². The van der Waals surface area contributed by atoms with Crippen molar-refractivity contribution in [1.29, 1.82) is 0 Å². The van der Waals surface area contributed by atoms with Crippen LogP contribution < -0.4 is 19.9 Å². The third-order valence-electron chi connectivity index (χ3n) is 2.31. The molecule has 0 fully saturated rings. The lowest BCUT2D eigenvalue weighted by molar-refractivity contribution is 0.171. The largest absolute Gasteiger partial charge is 0.493 e. The van der Waals surface area contributed by atoms with Crippen molar-refractivity contribution in [2.75, 3.05) is 20.5 Å². The molecule has 1 atom stereocenters. The van der Waals surface area contributed by atoms with Crippen LogP contribution in [0.3, 0.4) is 0 Å². The highest BCUT2D eigenvalue weighted by atomic mass is 16.7. The average Bonchev–Trinajstić information content (AvgIpc) is 2.74. The quantitative estimate of drug-likeness (QED) is 0.757. The zero-order chi connectivity index (χ0) is 10.8. The number of aliphatic hydroxyl groups excluding tert-OH is 1. The Morgan fingerprint density at radius 3 is 3.00 bits per heavy atom. The molecular weight excluding hydrogens is 198 g/mol. The monoisotopic (exact) mass is 211 g/mol. The van der Waals surface area contributed by atoms with Gasteiger partial charge < -0.3 is 25.1 Å². The molecule has 82 valence electrons. The van der Waals surface area contributed by atoms with Gasteiger partial charge in [0.25, 0.3) is 0 Å². The predicted molar refractivity (Wildman–Crippen MR) is 53.1 cm³/mol. The summed E-state index contributed by atoms with van der Waals surface area (Å²) in [6.45, 7) is 0.0618. The molecule has 1 aliphatic heterocycles. The van der Waals surface area contributed by atoms with E-state index < -0.39 is 6.04 Å². The minimum absolute atomic E-state index is 0.122. The Hall–Kier alpha value is -1.46. The summed E-state index contributed by atoms with van der Waals surface area (Å²) in [6, 6.07) is 3.06. The summed E-state index contributed by atoms with van der Waals surface area (Å²) in [5.41, 5.74) is 6.47. The maximum absolute atomic E-state index is 8.96. The number of benzene rings is 1. The van der Waals surface area contributed by atoms with Gasteiger partial charge in [-0.15, -0.1) is 0 Å². The number of rotatable bonds is 3. The first kappa shape index (κ1) is 10.1. The summed E-state index contributed by atoms with van der Waals surface area (Å²) >= 11 is 0. The lowest BCUT2D eigenvalue weighted by Crippen LogP contribution is -2.14. The molecule has 0 aromatic heterocycles. The molecule has 0 radical (unpaired) electrons. The summed E-state index contributed by atoms with van der Waals surface area (Å²) in [5, 5.41) is 8.96. The maximum atomic E-state index is 8.96. The van der Waals surface area contributed by atoms with E-state index in [0.29, 0.717) is 17.2 Å². The third-order valence-corrected chi connectivity index (χ3v) is 2.31. The zero-order valence-electron chi connectivity index (χ0n) is 8.40. The Morgan fingerprint density at radius 2 is 2.33 bits per heavy atom. The lowest BCUT2D eigenvalue weighted by atomic mass is 10.1. The van der Waals surface area contributed by atoms with Crippen LogP contribution in [0.4, 0.5) is 0 Å². The van der Waals surface area contributed by atoms with Crippen molar-refractivity contribution in [1.82, 2.24) is 0 Å². The molecular formula is C10H13NO4. The Balaban J connectivity index is 2.43. The van der Waals surface area contributed by atoms with Gasteiger partial charge in [-0.25, -0.2) is 0 Å². The van der Waals surface area contributed by atoms with Crippen LogP contribution >= 0.6 is 0 Å². The van der Waals surface area contributed by atoms with Gasteiger partial charge >= 0.3 is 0 Å². The first-order chi connectivity index (χ1) is 7.26. The Bertz CT molecular complexity index is 367. The van der Waals surface area contributed by atoms with E-state index in [4.69, 9.17) is 25.1 Å². The molecule has 0 aliphatic carbocycles. The molecule has 1 aromatic rings. The average molecular weight is 211 g/mol. The minimum Gasteiger partial charge on any atom is -0.493 e. The molecule has 5 heteroatoms. The van der Waals surface area contributed by atoms with Gasteiger partial charge in [-0.1, -0.05) is 0 Å². The van der Waals surface area contributed by atoms with Gasteiger partial charge in [0.15, 0.2) is 11.5 Å². The molecule has 1 aliphatic rings. The number of hydrogen-bond donors (Lipinski definition) is 2. The molecule has 0 bridgehead atoms. The van der Waals surface area contributed by atoms with Crippen LogP contribution in [0.1, 0.15) is 11.6 Å². The van der Waals surface area contributed by atoms with Gasteiger partial charge in [-0.2, -0.15) is 0 Å². The van der Waals surface area contributed by atoms with Crippen LogP contribution in [0.2, 0.25) is 0 Å². The van der Waals surface area contributed by atoms with E-state index in [9.17, 15) is 0 Å². The molecule has 2 rings (SSSR count). The number of ether oxygens (including phenoxy) is 3. The predicted octanol–water partition coefficient (Wildman–Crippen LogP) is 0.416. The van der Waals surface area contributed by atoms with Crippen molar-refractivity contribution < 1.29 is 19.3 Å². The highest BCUT2D eigenvalue weighted by Crippen LogP contribution is 2.42. The zero-order valence-corrected chi connectivity index (χ0v) is 8.40. The first-order valence-corrected chi connectivity index (χ1v) is 4.60. The van der Waals surface area contributed by atoms with Crippen LogP contribution in [0.15, 0.2) is 12.1 Å². The summed E-state index contributed by atoms with van der Waals surface area (Å²) < 4.78 is 15.6. The number of methoxy groups -OCH3 is 1. The van der Waals surface area contributed by atoms with Gasteiger partial charge in [0, 0.05) is 0 Å². The van der Waals surface area contributed by atoms with Gasteiger partial charge in [0.2, 0.25) is 12.5 Å². The van der Waals surface area contributed by atoms with Gasteiger partial charge in [-0.3, -0.25) is 0 Å². The molecule has 15 heavy (non-hydrogen) atoms. The summed E-state index contributed by atoms with van der Waals surface area (Å²) in [7, 11) is 1.55. The van der Waals surface area contributed by atoms with Crippen LogP contribution in [0.5, 0.6) is 17.2 Å². The third kappa shape index (κ3) is 1.71. The van der Waals surface area contributed by atoms with Crippen molar-refractivity contribution >= 4 is 0 Å². The minimum atomic E-state index is -0.437. The molecule has 1 aromatic carbocycles. The fraction of sp³-hybridized carbons (Fsp3) is 0.400. The molecule has 0 amide bonds. The molecule has 0 saturated carbocycles. The van der Waals surface area contributed by atoms with Crippen molar-refractivity contribution in [2.45, 2.75) is 6.04 Å². The maximum Gasteiger partial charge on any atom is 0.231 e. The number of fused-ring (bicyclic) bond motifs is 1. The van der Waals surface area contributed by atoms with Crippen LogP contribution in [-0.4, -0.2) is 25.6 Å². The summed E-state index contributed by atoms with van der Waals surface area (Å²) in [5.74, 6) is 1.77. The van der Waals surface area contributed by atoms with Crippen LogP contribution in [-0.2, 0) is 0 Å². The molecule has 0 unspecified atom stereocenters. The van der Waals surface area contributed by atoms with E-state index in [2.05, 4.69) is 0 Å². The number of hydrogen-bond acceptors (Lipinski definition) is 5. The van der Waals surface area contributed by atoms with E-state index in [-0.39, 0.29) is 13.4 Å². The van der Waals surface area contributed by atoms with Crippen molar-refractivity contribution in [3.63, 3.8) is 0 Å². The number of nitrogens with two attached hydrogens (primary N) is 1. The molecule has 0 saturated heterocycles. The Kier molecular flexibility index (Phi) is 2.66. The van der Waals surface area contributed by atoms with Gasteiger partial charge in [0.1, 0.15) is 0 Å². The van der Waals surface area contributed by atoms with E-state index >= 15 is 0 Å². The van der Waals surface area contributed by atoms with E-state index in [1.54, 1.807) is 19.2 Å². The van der Waals surface area contributed by atoms with Crippen molar-refractivity contribution in [3.05, 3.63) is 17.7 Å². The fourth-order valence-electron chi connectivity index (χ4n) is 1.47. The highest BCUT2D eigenvalue weighted by molar-refractivity contribution is 5.55. The Labute approximate surface area is 87.4 Å². The topological polar surface area (TPSA) is 73.9 Å². The second-order valence-electron chi connectivity index (χ2n) is 3.25. The second kappa shape index (κ2) is 3.96. The molecule has 0 spiro atoms. The molecule has 5 nitrogen and oxygen atoms in total. The lowest BCUT2D eigenvalue weighted by Gasteiger charge is -2.11.